The third-order valence-electron chi connectivity index (χ3n) is 3.34. The van der Waals surface area contributed by atoms with E-state index in [4.69, 9.17) is 9.47 Å². The van der Waals surface area contributed by atoms with Gasteiger partial charge in [-0.3, -0.25) is 0 Å². The molecule has 0 amide bonds. The second kappa shape index (κ2) is 7.80. The van der Waals surface area contributed by atoms with Crippen molar-refractivity contribution in [2.45, 2.75) is 49.5 Å². The maximum atomic E-state index is 12.0. The number of hydrogen-bond acceptors (Lipinski definition) is 7. The van der Waals surface area contributed by atoms with Crippen molar-refractivity contribution in [1.82, 2.24) is 5.32 Å². The van der Waals surface area contributed by atoms with Crippen LogP contribution in [0.15, 0.2) is 0 Å². The Balaban J connectivity index is 2.90. The summed E-state index contributed by atoms with van der Waals surface area (Å²) in [7, 11) is -2.20. The molecule has 0 aromatic heterocycles. The Morgan fingerprint density at radius 2 is 2.05 bits per heavy atom. The van der Waals surface area contributed by atoms with Gasteiger partial charge in [0.1, 0.15) is 0 Å². The molecular formula is C13H25NO5S2. The van der Waals surface area contributed by atoms with Gasteiger partial charge >= 0.3 is 5.97 Å². The fourth-order valence-electron chi connectivity index (χ4n) is 2.38. The molecule has 0 radical (unpaired) electrons. The molecular weight excluding hydrogens is 314 g/mol. The van der Waals surface area contributed by atoms with Crippen molar-refractivity contribution in [2.24, 2.45) is 5.92 Å². The Bertz CT molecular complexity index is 451. The number of nitrogens with one attached hydrogen (secondary N) is 1. The average Bonchev–Trinajstić information content (AvgIpc) is 2.77. The smallest absolute Gasteiger partial charge is 0.335 e. The van der Waals surface area contributed by atoms with Crippen LogP contribution >= 0.6 is 12.6 Å². The molecule has 2 unspecified atom stereocenters. The first-order valence-electron chi connectivity index (χ1n) is 6.98. The topological polar surface area (TPSA) is 81.7 Å². The normalized spacial score (nSPS) is 25.8. The largest absolute Gasteiger partial charge is 0.467 e. The maximum Gasteiger partial charge on any atom is 0.335 e. The van der Waals surface area contributed by atoms with Crippen molar-refractivity contribution >= 4 is 28.4 Å². The highest BCUT2D eigenvalue weighted by atomic mass is 32.2. The molecule has 0 aromatic carbocycles. The molecule has 0 aromatic rings. The molecule has 0 spiro atoms. The van der Waals surface area contributed by atoms with Crippen LogP contribution in [0.1, 0.15) is 26.7 Å². The number of rotatable bonds is 7. The Labute approximate surface area is 132 Å². The summed E-state index contributed by atoms with van der Waals surface area (Å²) in [6.45, 7) is 4.49. The van der Waals surface area contributed by atoms with Crippen LogP contribution in [-0.4, -0.2) is 57.1 Å². The maximum absolute atomic E-state index is 12.0. The minimum atomic E-state index is -3.47. The summed E-state index contributed by atoms with van der Waals surface area (Å²) in [4.78, 5) is 11.8. The molecule has 0 bridgehead atoms. The molecule has 1 N–H and O–H groups in total. The number of ether oxygens (including phenoxy) is 2. The molecule has 21 heavy (non-hydrogen) atoms. The van der Waals surface area contributed by atoms with E-state index in [9.17, 15) is 13.2 Å². The van der Waals surface area contributed by atoms with E-state index in [1.54, 1.807) is 0 Å². The first-order valence-corrected chi connectivity index (χ1v) is 9.45. The van der Waals surface area contributed by atoms with Crippen LogP contribution < -0.4 is 5.32 Å². The van der Waals surface area contributed by atoms with Gasteiger partial charge in [-0.25, -0.2) is 13.2 Å². The molecule has 1 fully saturated rings. The Morgan fingerprint density at radius 3 is 2.43 bits per heavy atom. The van der Waals surface area contributed by atoms with Crippen molar-refractivity contribution in [3.8, 4) is 0 Å². The summed E-state index contributed by atoms with van der Waals surface area (Å²) in [6.07, 6.45) is 1.23. The van der Waals surface area contributed by atoms with E-state index in [2.05, 4.69) is 17.9 Å². The van der Waals surface area contributed by atoms with Crippen LogP contribution in [0.2, 0.25) is 0 Å². The standard InChI is InChI=1S/C13H25NO5S2/c1-8(2)5-11(12(15)18-3)19-13(21(4,16)17)10-6-9(20)7-14-10/h8-11,13-14,20H,5-7H2,1-4H3/t9-,10+,11?,13?/m1/s1. The molecule has 1 saturated heterocycles. The molecule has 4 atom stereocenters. The lowest BCUT2D eigenvalue weighted by atomic mass is 10.1. The highest BCUT2D eigenvalue weighted by Gasteiger charge is 2.39. The molecule has 1 heterocycles. The Kier molecular flexibility index (Phi) is 6.96. The number of sulfone groups is 1. The Hall–Kier alpha value is -0.310. The first kappa shape index (κ1) is 18.7. The summed E-state index contributed by atoms with van der Waals surface area (Å²) >= 11 is 4.34. The van der Waals surface area contributed by atoms with Gasteiger partial charge in [0.15, 0.2) is 21.4 Å². The van der Waals surface area contributed by atoms with Crippen molar-refractivity contribution < 1.29 is 22.7 Å². The minimum Gasteiger partial charge on any atom is -0.467 e. The zero-order chi connectivity index (χ0) is 16.2. The Morgan fingerprint density at radius 1 is 1.43 bits per heavy atom. The quantitative estimate of drug-likeness (QED) is 0.523. The predicted molar refractivity (Wildman–Crippen MR) is 84.2 cm³/mol. The number of hydrogen-bond donors (Lipinski definition) is 2. The van der Waals surface area contributed by atoms with Crippen molar-refractivity contribution in [1.29, 1.82) is 0 Å². The highest BCUT2D eigenvalue weighted by Crippen LogP contribution is 2.23. The lowest BCUT2D eigenvalue weighted by Gasteiger charge is -2.27. The molecule has 0 saturated carbocycles. The van der Waals surface area contributed by atoms with Gasteiger partial charge in [0.05, 0.1) is 7.11 Å². The van der Waals surface area contributed by atoms with Gasteiger partial charge in [-0.2, -0.15) is 12.6 Å². The van der Waals surface area contributed by atoms with Crippen LogP contribution in [0, 0.1) is 5.92 Å². The van der Waals surface area contributed by atoms with E-state index in [0.717, 1.165) is 6.26 Å². The molecule has 1 aliphatic rings. The second-order valence-corrected chi connectivity index (χ2v) is 8.73. The summed E-state index contributed by atoms with van der Waals surface area (Å²) in [5.74, 6) is -0.360. The van der Waals surface area contributed by atoms with Crippen LogP contribution in [0.3, 0.4) is 0 Å². The van der Waals surface area contributed by atoms with Crippen LogP contribution in [-0.2, 0) is 24.1 Å². The molecule has 1 rings (SSSR count). The SMILES string of the molecule is COC(=O)C(CC(C)C)OC([C@@H]1C[C@@H](S)CN1)S(C)(=O)=O. The second-order valence-electron chi connectivity index (χ2n) is 5.88. The number of thiol groups is 1. The number of methoxy groups -OCH3 is 1. The van der Waals surface area contributed by atoms with E-state index in [0.29, 0.717) is 19.4 Å². The van der Waals surface area contributed by atoms with E-state index in [1.165, 1.54) is 7.11 Å². The van der Waals surface area contributed by atoms with Crippen LogP contribution in [0.25, 0.3) is 0 Å². The predicted octanol–water partition coefficient (Wildman–Crippen LogP) is 0.622. The monoisotopic (exact) mass is 339 g/mol. The summed E-state index contributed by atoms with van der Waals surface area (Å²) in [6, 6.07) is -0.359. The molecule has 6 nitrogen and oxygen atoms in total. The third kappa shape index (κ3) is 5.77. The van der Waals surface area contributed by atoms with Gasteiger partial charge in [0.25, 0.3) is 0 Å². The minimum absolute atomic E-state index is 0.0875. The van der Waals surface area contributed by atoms with Crippen molar-refractivity contribution in [2.75, 3.05) is 19.9 Å². The fourth-order valence-corrected chi connectivity index (χ4v) is 3.85. The average molecular weight is 339 g/mol. The number of carbonyl (C=O) groups excluding carboxylic acids is 1. The van der Waals surface area contributed by atoms with Gasteiger partial charge in [-0.15, -0.1) is 0 Å². The van der Waals surface area contributed by atoms with E-state index >= 15 is 0 Å². The number of carbonyl (C=O) groups is 1. The third-order valence-corrected chi connectivity index (χ3v) is 5.02. The lowest BCUT2D eigenvalue weighted by molar-refractivity contribution is -0.157. The molecule has 0 aliphatic carbocycles. The van der Waals surface area contributed by atoms with E-state index in [-0.39, 0.29) is 17.2 Å². The van der Waals surface area contributed by atoms with Crippen molar-refractivity contribution in [3.05, 3.63) is 0 Å². The fraction of sp³-hybridized carbons (Fsp3) is 0.923. The van der Waals surface area contributed by atoms with Gasteiger partial charge in [-0.05, 0) is 18.8 Å². The zero-order valence-electron chi connectivity index (χ0n) is 12.9. The highest BCUT2D eigenvalue weighted by molar-refractivity contribution is 7.91. The summed E-state index contributed by atoms with van der Waals surface area (Å²) in [5, 5.41) is 3.18. The first-order chi connectivity index (χ1) is 9.65. The van der Waals surface area contributed by atoms with Gasteiger partial charge in [0, 0.05) is 24.1 Å². The number of esters is 1. The lowest BCUT2D eigenvalue weighted by Crippen LogP contribution is -2.46. The van der Waals surface area contributed by atoms with Crippen molar-refractivity contribution in [3.63, 3.8) is 0 Å². The molecule has 124 valence electrons. The van der Waals surface area contributed by atoms with Gasteiger partial charge in [-0.1, -0.05) is 13.8 Å². The van der Waals surface area contributed by atoms with Gasteiger partial charge < -0.3 is 14.8 Å². The van der Waals surface area contributed by atoms with Crippen LogP contribution in [0.4, 0.5) is 0 Å². The summed E-state index contributed by atoms with van der Waals surface area (Å²) < 4.78 is 34.4. The van der Waals surface area contributed by atoms with Gasteiger partial charge in [0.2, 0.25) is 0 Å². The van der Waals surface area contributed by atoms with Crippen LogP contribution in [0.5, 0.6) is 0 Å². The van der Waals surface area contributed by atoms with E-state index in [1.807, 2.05) is 13.8 Å². The molecule has 1 aliphatic heterocycles. The zero-order valence-corrected chi connectivity index (χ0v) is 14.6. The summed E-state index contributed by atoms with van der Waals surface area (Å²) in [5.41, 5.74) is -1.07. The van der Waals surface area contributed by atoms with E-state index < -0.39 is 27.3 Å². The molecule has 8 heteroatoms.